The molecule has 5 nitrogen and oxygen atoms in total. The normalized spacial score (nSPS) is 19.1. The molecule has 2 rings (SSSR count). The molecule has 2 amide bonds. The van der Waals surface area contributed by atoms with Gasteiger partial charge in [0.2, 0.25) is 0 Å². The largest absolute Gasteiger partial charge is 0.573 e. The van der Waals surface area contributed by atoms with E-state index in [1.54, 1.807) is 11.0 Å². The van der Waals surface area contributed by atoms with Crippen molar-refractivity contribution in [1.82, 2.24) is 10.2 Å². The van der Waals surface area contributed by atoms with E-state index >= 15 is 0 Å². The number of carbonyl (C=O) groups excluding carboxylic acids is 1. The molecule has 0 aliphatic carbocycles. The number of rotatable bonds is 3. The number of carbonyl (C=O) groups is 1. The fourth-order valence-electron chi connectivity index (χ4n) is 2.34. The summed E-state index contributed by atoms with van der Waals surface area (Å²) in [6.07, 6.45) is -4.10. The lowest BCUT2D eigenvalue weighted by Crippen LogP contribution is -2.42. The fraction of sp³-hybridized carbons (Fsp3) is 0.533. The summed E-state index contributed by atoms with van der Waals surface area (Å²) in [6, 6.07) is 5.41. The number of amides is 2. The lowest BCUT2D eigenvalue weighted by atomic mass is 10.2. The molecule has 23 heavy (non-hydrogen) atoms. The van der Waals surface area contributed by atoms with E-state index in [4.69, 9.17) is 4.74 Å². The van der Waals surface area contributed by atoms with Crippen LogP contribution in [-0.4, -0.2) is 43.1 Å². The first kappa shape index (κ1) is 17.4. The molecular formula is C15H19F3N2O3. The van der Waals surface area contributed by atoms with E-state index in [2.05, 4.69) is 10.1 Å². The molecule has 1 fully saturated rings. The van der Waals surface area contributed by atoms with E-state index in [1.807, 2.05) is 6.92 Å². The van der Waals surface area contributed by atoms with Crippen molar-refractivity contribution in [3.63, 3.8) is 0 Å². The van der Waals surface area contributed by atoms with Crippen LogP contribution in [0.4, 0.5) is 18.0 Å². The van der Waals surface area contributed by atoms with Gasteiger partial charge in [0.15, 0.2) is 0 Å². The van der Waals surface area contributed by atoms with Gasteiger partial charge in [-0.05, 0) is 19.4 Å². The molecule has 1 aromatic rings. The molecule has 1 aliphatic heterocycles. The number of benzene rings is 1. The molecule has 1 saturated heterocycles. The molecule has 1 aromatic carbocycles. The van der Waals surface area contributed by atoms with E-state index in [1.165, 1.54) is 18.2 Å². The fourth-order valence-corrected chi connectivity index (χ4v) is 2.34. The monoisotopic (exact) mass is 332 g/mol. The standard InChI is InChI=1S/C15H19F3N2O3/c1-11-10-20(7-4-8-22-11)14(21)19-9-12-5-2-3-6-13(12)23-15(16,17)18/h2-3,5-6,11H,4,7-10H2,1H3,(H,19,21)/t11-/m0/s1. The number of urea groups is 1. The molecule has 128 valence electrons. The minimum atomic E-state index is -4.77. The van der Waals surface area contributed by atoms with Crippen molar-refractivity contribution in [2.75, 3.05) is 19.7 Å². The van der Waals surface area contributed by atoms with E-state index in [0.29, 0.717) is 19.7 Å². The van der Waals surface area contributed by atoms with Crippen LogP contribution in [-0.2, 0) is 11.3 Å². The molecule has 0 saturated carbocycles. The molecule has 1 heterocycles. The number of para-hydroxylation sites is 1. The van der Waals surface area contributed by atoms with Crippen molar-refractivity contribution >= 4 is 6.03 Å². The lowest BCUT2D eigenvalue weighted by molar-refractivity contribution is -0.274. The Balaban J connectivity index is 1.96. The predicted molar refractivity (Wildman–Crippen MR) is 77.0 cm³/mol. The number of nitrogens with zero attached hydrogens (tertiary/aromatic N) is 1. The van der Waals surface area contributed by atoms with Gasteiger partial charge in [-0.3, -0.25) is 0 Å². The second-order valence-electron chi connectivity index (χ2n) is 5.30. The quantitative estimate of drug-likeness (QED) is 0.926. The minimum Gasteiger partial charge on any atom is -0.405 e. The molecule has 0 unspecified atom stereocenters. The average molecular weight is 332 g/mol. The number of halogens is 3. The number of ether oxygens (including phenoxy) is 2. The molecule has 1 atom stereocenters. The van der Waals surface area contributed by atoms with Crippen molar-refractivity contribution in [2.24, 2.45) is 0 Å². The Bertz CT molecular complexity index is 537. The van der Waals surface area contributed by atoms with Gasteiger partial charge in [-0.25, -0.2) is 4.79 Å². The highest BCUT2D eigenvalue weighted by atomic mass is 19.4. The number of hydrogen-bond acceptors (Lipinski definition) is 3. The summed E-state index contributed by atoms with van der Waals surface area (Å²) >= 11 is 0. The molecule has 0 aromatic heterocycles. The van der Waals surface area contributed by atoms with Crippen LogP contribution in [0.5, 0.6) is 5.75 Å². The van der Waals surface area contributed by atoms with Crippen LogP contribution in [0, 0.1) is 0 Å². The highest BCUT2D eigenvalue weighted by Crippen LogP contribution is 2.26. The third-order valence-electron chi connectivity index (χ3n) is 3.37. The van der Waals surface area contributed by atoms with Crippen LogP contribution in [0.2, 0.25) is 0 Å². The third-order valence-corrected chi connectivity index (χ3v) is 3.37. The van der Waals surface area contributed by atoms with E-state index < -0.39 is 6.36 Å². The molecule has 8 heteroatoms. The van der Waals surface area contributed by atoms with Gasteiger partial charge in [0.1, 0.15) is 5.75 Å². The van der Waals surface area contributed by atoms with Crippen LogP contribution < -0.4 is 10.1 Å². The minimum absolute atomic E-state index is 0.0448. The molecule has 1 N–H and O–H groups in total. The zero-order valence-electron chi connectivity index (χ0n) is 12.7. The summed E-state index contributed by atoms with van der Waals surface area (Å²) in [5.74, 6) is -0.312. The summed E-state index contributed by atoms with van der Waals surface area (Å²) in [5.41, 5.74) is 0.261. The van der Waals surface area contributed by atoms with Crippen LogP contribution in [0.25, 0.3) is 0 Å². The highest BCUT2D eigenvalue weighted by molar-refractivity contribution is 5.74. The Morgan fingerprint density at radius 1 is 1.43 bits per heavy atom. The van der Waals surface area contributed by atoms with Gasteiger partial charge in [-0.15, -0.1) is 13.2 Å². The Kier molecular flexibility index (Phi) is 5.70. The second kappa shape index (κ2) is 7.54. The van der Waals surface area contributed by atoms with Gasteiger partial charge >= 0.3 is 12.4 Å². The van der Waals surface area contributed by atoms with Crippen molar-refractivity contribution in [2.45, 2.75) is 32.4 Å². The van der Waals surface area contributed by atoms with E-state index in [0.717, 1.165) is 6.42 Å². The highest BCUT2D eigenvalue weighted by Gasteiger charge is 2.32. The summed E-state index contributed by atoms with van der Waals surface area (Å²) < 4.78 is 46.5. The lowest BCUT2D eigenvalue weighted by Gasteiger charge is -2.23. The summed E-state index contributed by atoms with van der Waals surface area (Å²) in [5, 5.41) is 2.63. The SMILES string of the molecule is C[C@H]1CN(C(=O)NCc2ccccc2OC(F)(F)F)CCCO1. The van der Waals surface area contributed by atoms with Crippen molar-refractivity contribution < 1.29 is 27.4 Å². The third kappa shape index (κ3) is 5.63. The van der Waals surface area contributed by atoms with Gasteiger partial charge in [0, 0.05) is 31.8 Å². The first-order chi connectivity index (χ1) is 10.8. The van der Waals surface area contributed by atoms with Crippen molar-refractivity contribution in [3.05, 3.63) is 29.8 Å². The zero-order chi connectivity index (χ0) is 16.9. The molecule has 0 radical (unpaired) electrons. The Morgan fingerprint density at radius 2 is 2.17 bits per heavy atom. The van der Waals surface area contributed by atoms with Gasteiger partial charge in [-0.1, -0.05) is 18.2 Å². The second-order valence-corrected chi connectivity index (χ2v) is 5.30. The predicted octanol–water partition coefficient (Wildman–Crippen LogP) is 2.91. The van der Waals surface area contributed by atoms with E-state index in [9.17, 15) is 18.0 Å². The van der Waals surface area contributed by atoms with Crippen LogP contribution in [0.3, 0.4) is 0 Å². The topological polar surface area (TPSA) is 50.8 Å². The Hall–Kier alpha value is -1.96. The van der Waals surface area contributed by atoms with Crippen molar-refractivity contribution in [3.8, 4) is 5.75 Å². The maximum Gasteiger partial charge on any atom is 0.573 e. The smallest absolute Gasteiger partial charge is 0.405 e. The maximum absolute atomic E-state index is 12.4. The Labute approximate surface area is 132 Å². The average Bonchev–Trinajstić information content (AvgIpc) is 2.69. The molecular weight excluding hydrogens is 313 g/mol. The first-order valence-electron chi connectivity index (χ1n) is 7.33. The molecule has 0 spiro atoms. The van der Waals surface area contributed by atoms with Gasteiger partial charge in [0.05, 0.1) is 6.10 Å². The van der Waals surface area contributed by atoms with Crippen LogP contribution in [0.15, 0.2) is 24.3 Å². The zero-order valence-corrected chi connectivity index (χ0v) is 12.7. The van der Waals surface area contributed by atoms with Gasteiger partial charge in [0.25, 0.3) is 0 Å². The number of alkyl halides is 3. The van der Waals surface area contributed by atoms with Gasteiger partial charge in [-0.2, -0.15) is 0 Å². The van der Waals surface area contributed by atoms with E-state index in [-0.39, 0.29) is 30.0 Å². The summed E-state index contributed by atoms with van der Waals surface area (Å²) in [7, 11) is 0. The summed E-state index contributed by atoms with van der Waals surface area (Å²) in [4.78, 5) is 13.8. The van der Waals surface area contributed by atoms with Crippen LogP contribution >= 0.6 is 0 Å². The molecule has 1 aliphatic rings. The summed E-state index contributed by atoms with van der Waals surface area (Å²) in [6.45, 7) is 3.42. The Morgan fingerprint density at radius 3 is 2.91 bits per heavy atom. The molecule has 0 bridgehead atoms. The maximum atomic E-state index is 12.4. The first-order valence-corrected chi connectivity index (χ1v) is 7.33. The van der Waals surface area contributed by atoms with Crippen molar-refractivity contribution in [1.29, 1.82) is 0 Å². The van der Waals surface area contributed by atoms with Gasteiger partial charge < -0.3 is 19.7 Å². The number of nitrogens with one attached hydrogen (secondary N) is 1. The number of hydrogen-bond donors (Lipinski definition) is 1. The van der Waals surface area contributed by atoms with Crippen LogP contribution in [0.1, 0.15) is 18.9 Å².